The molecule has 0 aliphatic carbocycles. The van der Waals surface area contributed by atoms with Crippen molar-refractivity contribution in [2.24, 2.45) is 0 Å². The second-order valence-corrected chi connectivity index (χ2v) is 7.93. The minimum Gasteiger partial charge on any atom is -0.497 e. The lowest BCUT2D eigenvalue weighted by Gasteiger charge is -2.40. The Morgan fingerprint density at radius 1 is 1.03 bits per heavy atom. The van der Waals surface area contributed by atoms with Crippen molar-refractivity contribution in [2.75, 3.05) is 32.8 Å². The van der Waals surface area contributed by atoms with Crippen LogP contribution in [0.2, 0.25) is 0 Å². The molecule has 0 saturated carbocycles. The smallest absolute Gasteiger partial charge is 0.343 e. The van der Waals surface area contributed by atoms with Crippen LogP contribution >= 0.6 is 15.9 Å². The number of benzene rings is 2. The molecule has 0 spiro atoms. The number of hydrogen-bond acceptors (Lipinski definition) is 7. The van der Waals surface area contributed by atoms with E-state index in [1.165, 1.54) is 0 Å². The van der Waals surface area contributed by atoms with Gasteiger partial charge in [0, 0.05) is 16.8 Å². The Kier molecular flexibility index (Phi) is 7.10. The lowest BCUT2D eigenvalue weighted by Crippen LogP contribution is -2.58. The van der Waals surface area contributed by atoms with Gasteiger partial charge >= 0.3 is 11.9 Å². The van der Waals surface area contributed by atoms with E-state index >= 15 is 0 Å². The number of carbonyl (C=O) groups excluding carboxylic acids is 2. The number of methoxy groups -OCH3 is 2. The summed E-state index contributed by atoms with van der Waals surface area (Å²) in [6.07, 6.45) is 0.116. The largest absolute Gasteiger partial charge is 0.497 e. The number of halogens is 1. The zero-order chi connectivity index (χ0) is 22.6. The molecule has 2 aromatic carbocycles. The van der Waals surface area contributed by atoms with E-state index in [-0.39, 0.29) is 25.6 Å². The maximum Gasteiger partial charge on any atom is 0.343 e. The number of fused-ring (bicyclic) bond motifs is 1. The summed E-state index contributed by atoms with van der Waals surface area (Å²) in [5.74, 6) is -0.339. The molecule has 0 fully saturated rings. The summed E-state index contributed by atoms with van der Waals surface area (Å²) in [5, 5.41) is 3.14. The van der Waals surface area contributed by atoms with Crippen LogP contribution < -0.4 is 14.8 Å². The van der Waals surface area contributed by atoms with Crippen molar-refractivity contribution in [3.63, 3.8) is 0 Å². The lowest BCUT2D eigenvalue weighted by atomic mass is 9.75. The van der Waals surface area contributed by atoms with E-state index in [1.807, 2.05) is 30.3 Å². The third-order valence-electron chi connectivity index (χ3n) is 5.30. The molecule has 1 unspecified atom stereocenters. The third kappa shape index (κ3) is 4.35. The Hall–Kier alpha value is -2.74. The second-order valence-electron chi connectivity index (χ2n) is 7.08. The predicted molar refractivity (Wildman–Crippen MR) is 120 cm³/mol. The van der Waals surface area contributed by atoms with Crippen molar-refractivity contribution in [3.8, 4) is 11.5 Å². The average molecular weight is 492 g/mol. The zero-order valence-corrected chi connectivity index (χ0v) is 19.6. The fourth-order valence-corrected chi connectivity index (χ4v) is 4.38. The summed E-state index contributed by atoms with van der Waals surface area (Å²) in [4.78, 5) is 26.3. The van der Waals surface area contributed by atoms with Crippen LogP contribution in [0, 0.1) is 0 Å². The molecule has 1 N–H and O–H groups in total. The Balaban J connectivity index is 2.24. The Labute approximate surface area is 190 Å². The first-order valence-electron chi connectivity index (χ1n) is 10.0. The summed E-state index contributed by atoms with van der Waals surface area (Å²) in [6.45, 7) is 3.69. The number of carbonyl (C=O) groups is 2. The monoisotopic (exact) mass is 491 g/mol. The van der Waals surface area contributed by atoms with E-state index in [2.05, 4.69) is 21.2 Å². The summed E-state index contributed by atoms with van der Waals surface area (Å²) in [5.41, 5.74) is 0.689. The van der Waals surface area contributed by atoms with Gasteiger partial charge in [-0.05, 0) is 65.2 Å². The van der Waals surface area contributed by atoms with Gasteiger partial charge in [-0.15, -0.1) is 0 Å². The Morgan fingerprint density at radius 2 is 1.68 bits per heavy atom. The molecule has 8 heteroatoms. The van der Waals surface area contributed by atoms with Gasteiger partial charge in [-0.1, -0.05) is 12.1 Å². The highest BCUT2D eigenvalue weighted by Crippen LogP contribution is 2.48. The van der Waals surface area contributed by atoms with Crippen molar-refractivity contribution >= 4 is 33.6 Å². The Bertz CT molecular complexity index is 959. The van der Waals surface area contributed by atoms with Gasteiger partial charge in [0.15, 0.2) is 0 Å². The van der Waals surface area contributed by atoms with Crippen LogP contribution in [0.15, 0.2) is 40.9 Å². The summed E-state index contributed by atoms with van der Waals surface area (Å²) in [7, 11) is 3.18. The van der Waals surface area contributed by atoms with E-state index in [4.69, 9.17) is 18.9 Å². The standard InChI is InChI=1S/C23H26BrNO6/c1-5-30-21(26)23(22(27)31-6-2)13-18(14-8-7-9-15(10-14)28-3)17-11-16(29-4)12-19(24)20(17)25-23/h7-12,18,25H,5-6,13H2,1-4H3. The molecule has 7 nitrogen and oxygen atoms in total. The van der Waals surface area contributed by atoms with Gasteiger partial charge in [-0.25, -0.2) is 9.59 Å². The molecule has 2 aromatic rings. The van der Waals surface area contributed by atoms with Gasteiger partial charge < -0.3 is 24.3 Å². The molecule has 0 aromatic heterocycles. The van der Waals surface area contributed by atoms with Crippen LogP contribution in [0.4, 0.5) is 5.69 Å². The molecular weight excluding hydrogens is 466 g/mol. The molecule has 31 heavy (non-hydrogen) atoms. The molecule has 0 radical (unpaired) electrons. The molecule has 1 heterocycles. The van der Waals surface area contributed by atoms with Gasteiger partial charge in [0.25, 0.3) is 0 Å². The normalized spacial score (nSPS) is 16.5. The van der Waals surface area contributed by atoms with Crippen molar-refractivity contribution in [1.82, 2.24) is 0 Å². The van der Waals surface area contributed by atoms with E-state index < -0.39 is 17.5 Å². The van der Waals surface area contributed by atoms with Crippen LogP contribution in [0.5, 0.6) is 11.5 Å². The van der Waals surface area contributed by atoms with Crippen LogP contribution in [0.25, 0.3) is 0 Å². The number of anilines is 1. The summed E-state index contributed by atoms with van der Waals surface area (Å²) < 4.78 is 22.1. The fourth-order valence-electron chi connectivity index (χ4n) is 3.82. The minimum atomic E-state index is -1.69. The number of hydrogen-bond donors (Lipinski definition) is 1. The maximum atomic E-state index is 13.1. The molecule has 1 aliphatic heterocycles. The second kappa shape index (κ2) is 9.60. The van der Waals surface area contributed by atoms with Gasteiger partial charge in [-0.3, -0.25) is 0 Å². The van der Waals surface area contributed by atoms with Crippen molar-refractivity contribution in [2.45, 2.75) is 31.7 Å². The number of rotatable bonds is 7. The van der Waals surface area contributed by atoms with Crippen LogP contribution in [-0.4, -0.2) is 44.9 Å². The minimum absolute atomic E-state index is 0.116. The topological polar surface area (TPSA) is 83.1 Å². The highest BCUT2D eigenvalue weighted by molar-refractivity contribution is 9.10. The first-order valence-corrected chi connectivity index (χ1v) is 10.8. The molecule has 0 amide bonds. The molecule has 0 saturated heterocycles. The Morgan fingerprint density at radius 3 is 2.26 bits per heavy atom. The quantitative estimate of drug-likeness (QED) is 0.457. The molecule has 0 bridgehead atoms. The van der Waals surface area contributed by atoms with E-state index in [1.54, 1.807) is 34.1 Å². The molecular formula is C23H26BrNO6. The number of ether oxygens (including phenoxy) is 4. The SMILES string of the molecule is CCOC(=O)C1(C(=O)OCC)CC(c2cccc(OC)c2)c2cc(OC)cc(Br)c2N1. The van der Waals surface area contributed by atoms with Gasteiger partial charge in [0.1, 0.15) is 11.5 Å². The van der Waals surface area contributed by atoms with Crippen LogP contribution in [-0.2, 0) is 19.1 Å². The highest BCUT2D eigenvalue weighted by Gasteiger charge is 2.54. The zero-order valence-electron chi connectivity index (χ0n) is 18.0. The highest BCUT2D eigenvalue weighted by atomic mass is 79.9. The van der Waals surface area contributed by atoms with Crippen molar-refractivity contribution in [3.05, 3.63) is 52.0 Å². The van der Waals surface area contributed by atoms with Gasteiger partial charge in [-0.2, -0.15) is 0 Å². The summed E-state index contributed by atoms with van der Waals surface area (Å²) in [6, 6.07) is 11.2. The fraction of sp³-hybridized carbons (Fsp3) is 0.391. The first kappa shape index (κ1) is 22.9. The van der Waals surface area contributed by atoms with Gasteiger partial charge in [0.05, 0.1) is 33.1 Å². The molecule has 1 atom stereocenters. The molecule has 1 aliphatic rings. The van der Waals surface area contributed by atoms with Crippen LogP contribution in [0.3, 0.4) is 0 Å². The van der Waals surface area contributed by atoms with E-state index in [0.717, 1.165) is 11.1 Å². The predicted octanol–water partition coefficient (Wildman–Crippen LogP) is 4.28. The van der Waals surface area contributed by atoms with Crippen LogP contribution in [0.1, 0.15) is 37.3 Å². The number of esters is 2. The van der Waals surface area contributed by atoms with Crippen molar-refractivity contribution < 1.29 is 28.5 Å². The first-order chi connectivity index (χ1) is 14.9. The molecule has 3 rings (SSSR count). The van der Waals surface area contributed by atoms with Gasteiger partial charge in [0.2, 0.25) is 5.54 Å². The van der Waals surface area contributed by atoms with Crippen molar-refractivity contribution in [1.29, 1.82) is 0 Å². The number of nitrogens with one attached hydrogen (secondary N) is 1. The lowest BCUT2D eigenvalue weighted by molar-refractivity contribution is -0.163. The summed E-state index contributed by atoms with van der Waals surface area (Å²) >= 11 is 3.56. The average Bonchev–Trinajstić information content (AvgIpc) is 2.78. The van der Waals surface area contributed by atoms with E-state index in [9.17, 15) is 9.59 Å². The maximum absolute atomic E-state index is 13.1. The molecule has 166 valence electrons. The van der Waals surface area contributed by atoms with E-state index in [0.29, 0.717) is 21.7 Å². The third-order valence-corrected chi connectivity index (χ3v) is 5.92.